The normalized spacial score (nSPS) is 12.0. The highest BCUT2D eigenvalue weighted by molar-refractivity contribution is 6.10. The molecule has 8 nitrogen and oxygen atoms in total. The molecule has 0 radical (unpaired) electrons. The second-order valence-electron chi connectivity index (χ2n) is 10.2. The van der Waals surface area contributed by atoms with E-state index in [0.29, 0.717) is 0 Å². The van der Waals surface area contributed by atoms with Gasteiger partial charge in [-0.1, -0.05) is 48.5 Å². The maximum absolute atomic E-state index is 12.3. The summed E-state index contributed by atoms with van der Waals surface area (Å²) < 4.78 is 4.57. The Balaban J connectivity index is 1.02. The number of para-hydroxylation sites is 2. The highest BCUT2D eigenvalue weighted by Crippen LogP contribution is 2.30. The van der Waals surface area contributed by atoms with Gasteiger partial charge < -0.3 is 9.13 Å². The first-order chi connectivity index (χ1) is 20.6. The van der Waals surface area contributed by atoms with Crippen molar-refractivity contribution in [1.29, 1.82) is 0 Å². The van der Waals surface area contributed by atoms with Crippen molar-refractivity contribution in [3.63, 3.8) is 0 Å². The number of benzene rings is 4. The molecule has 4 aromatic carbocycles. The Hall–Kier alpha value is -5.24. The van der Waals surface area contributed by atoms with Crippen molar-refractivity contribution in [3.05, 3.63) is 96.1 Å². The molecule has 0 saturated carbocycles. The minimum atomic E-state index is -0.341. The number of rotatable bonds is 9. The third kappa shape index (κ3) is 5.14. The van der Waals surface area contributed by atoms with Crippen LogP contribution in [0, 0.1) is 0 Å². The predicted octanol–water partition coefficient (Wildman–Crippen LogP) is 6.32. The molecule has 0 bridgehead atoms. The second-order valence-corrected chi connectivity index (χ2v) is 10.2. The van der Waals surface area contributed by atoms with Gasteiger partial charge in [0.05, 0.1) is 12.4 Å². The summed E-state index contributed by atoms with van der Waals surface area (Å²) in [7, 11) is 0. The minimum absolute atomic E-state index is 0.00416. The lowest BCUT2D eigenvalue weighted by Crippen LogP contribution is -2.22. The summed E-state index contributed by atoms with van der Waals surface area (Å²) in [6.45, 7) is 6.04. The van der Waals surface area contributed by atoms with Crippen molar-refractivity contribution in [1.82, 2.24) is 20.0 Å². The van der Waals surface area contributed by atoms with Gasteiger partial charge in [-0.3, -0.25) is 9.59 Å². The number of carbonyl (C=O) groups is 2. The molecule has 0 unspecified atom stereocenters. The molecule has 2 amide bonds. The lowest BCUT2D eigenvalue weighted by atomic mass is 10.1. The number of hydrogen-bond acceptors (Lipinski definition) is 4. The zero-order valence-electron chi connectivity index (χ0n) is 23.7. The number of nitrogens with one attached hydrogen (secondary N) is 2. The topological polar surface area (TPSA) is 92.8 Å². The Morgan fingerprint density at radius 3 is 1.43 bits per heavy atom. The van der Waals surface area contributed by atoms with Crippen LogP contribution in [-0.2, 0) is 22.7 Å². The average Bonchev–Trinajstić information content (AvgIpc) is 3.51. The van der Waals surface area contributed by atoms with Gasteiger partial charge in [0.15, 0.2) is 0 Å². The van der Waals surface area contributed by atoms with Crippen molar-refractivity contribution in [2.75, 3.05) is 0 Å². The van der Waals surface area contributed by atoms with Crippen LogP contribution in [0.2, 0.25) is 0 Å². The predicted molar refractivity (Wildman–Crippen MR) is 171 cm³/mol. The Morgan fingerprint density at radius 2 is 1.00 bits per heavy atom. The fourth-order valence-corrected chi connectivity index (χ4v) is 5.68. The monoisotopic (exact) mass is 556 g/mol. The summed E-state index contributed by atoms with van der Waals surface area (Å²) >= 11 is 0. The molecule has 0 aliphatic rings. The largest absolute Gasteiger partial charge is 0.341 e. The molecule has 0 aliphatic carbocycles. The van der Waals surface area contributed by atoms with E-state index in [1.54, 1.807) is 12.4 Å². The minimum Gasteiger partial charge on any atom is -0.341 e. The third-order valence-corrected chi connectivity index (χ3v) is 7.61. The van der Waals surface area contributed by atoms with Crippen LogP contribution >= 0.6 is 0 Å². The first-order valence-electron chi connectivity index (χ1n) is 14.2. The molecule has 0 atom stereocenters. The molecular formula is C34H32N6O2. The van der Waals surface area contributed by atoms with E-state index in [1.807, 2.05) is 36.4 Å². The number of hydrogen-bond donors (Lipinski definition) is 2. The van der Waals surface area contributed by atoms with Crippen LogP contribution in [0.15, 0.2) is 95.1 Å². The van der Waals surface area contributed by atoms with Gasteiger partial charge in [0.1, 0.15) is 0 Å². The van der Waals surface area contributed by atoms with E-state index < -0.39 is 0 Å². The Morgan fingerprint density at radius 1 is 0.595 bits per heavy atom. The summed E-state index contributed by atoms with van der Waals surface area (Å²) in [4.78, 5) is 24.5. The molecule has 0 spiro atoms. The van der Waals surface area contributed by atoms with E-state index in [-0.39, 0.29) is 24.7 Å². The van der Waals surface area contributed by atoms with E-state index in [2.05, 4.69) is 92.6 Å². The molecule has 6 rings (SSSR count). The molecule has 0 fully saturated rings. The summed E-state index contributed by atoms with van der Waals surface area (Å²) in [5, 5.41) is 12.9. The molecule has 2 heterocycles. The number of carbonyl (C=O) groups excluding carboxylic acids is 2. The summed E-state index contributed by atoms with van der Waals surface area (Å²) in [6, 6.07) is 28.9. The summed E-state index contributed by atoms with van der Waals surface area (Å²) in [5.41, 5.74) is 11.5. The van der Waals surface area contributed by atoms with Gasteiger partial charge in [0.2, 0.25) is 11.8 Å². The Bertz CT molecular complexity index is 1870. The number of hydrazone groups is 2. The smallest absolute Gasteiger partial charge is 0.240 e. The van der Waals surface area contributed by atoms with Gasteiger partial charge in [0, 0.05) is 69.5 Å². The summed E-state index contributed by atoms with van der Waals surface area (Å²) in [5.74, 6) is -0.682. The summed E-state index contributed by atoms with van der Waals surface area (Å²) in [6.07, 6.45) is 3.25. The van der Waals surface area contributed by atoms with E-state index in [0.717, 1.165) is 35.0 Å². The lowest BCUT2D eigenvalue weighted by molar-refractivity contribution is -0.126. The van der Waals surface area contributed by atoms with Gasteiger partial charge in [-0.05, 0) is 61.4 Å². The van der Waals surface area contributed by atoms with Gasteiger partial charge >= 0.3 is 0 Å². The van der Waals surface area contributed by atoms with Crippen molar-refractivity contribution in [2.45, 2.75) is 39.8 Å². The average molecular weight is 557 g/mol. The van der Waals surface area contributed by atoms with Crippen LogP contribution in [0.5, 0.6) is 0 Å². The van der Waals surface area contributed by atoms with Gasteiger partial charge in [-0.25, -0.2) is 10.9 Å². The molecular weight excluding hydrogens is 524 g/mol. The molecule has 42 heavy (non-hydrogen) atoms. The first-order valence-corrected chi connectivity index (χ1v) is 14.2. The first kappa shape index (κ1) is 27.0. The van der Waals surface area contributed by atoms with Crippen LogP contribution in [0.4, 0.5) is 0 Å². The quantitative estimate of drug-likeness (QED) is 0.161. The maximum atomic E-state index is 12.3. The van der Waals surface area contributed by atoms with Crippen molar-refractivity contribution < 1.29 is 9.59 Å². The third-order valence-electron chi connectivity index (χ3n) is 7.61. The molecule has 2 N–H and O–H groups in total. The van der Waals surface area contributed by atoms with E-state index in [9.17, 15) is 9.59 Å². The van der Waals surface area contributed by atoms with Crippen molar-refractivity contribution >= 4 is 67.9 Å². The fourth-order valence-electron chi connectivity index (χ4n) is 5.68. The van der Waals surface area contributed by atoms with Gasteiger partial charge in [0.25, 0.3) is 0 Å². The zero-order valence-corrected chi connectivity index (χ0v) is 23.7. The molecule has 0 saturated heterocycles. The molecule has 8 heteroatoms. The van der Waals surface area contributed by atoms with Crippen molar-refractivity contribution in [3.8, 4) is 0 Å². The number of amides is 2. The number of fused-ring (bicyclic) bond motifs is 6. The number of aryl methyl sites for hydroxylation is 2. The maximum Gasteiger partial charge on any atom is 0.240 e. The Labute approximate surface area is 243 Å². The molecule has 210 valence electrons. The van der Waals surface area contributed by atoms with Crippen LogP contribution in [-0.4, -0.2) is 33.4 Å². The molecule has 2 aromatic heterocycles. The SMILES string of the molecule is CCn1c2ccccc2c2cc(/C=N/NC(=O)CCC(=O)N/N=C/c3ccc4c(c3)c3ccccc3n4CC)ccc21. The van der Waals surface area contributed by atoms with Gasteiger partial charge in [-0.15, -0.1) is 0 Å². The number of nitrogens with zero attached hydrogens (tertiary/aromatic N) is 4. The highest BCUT2D eigenvalue weighted by Gasteiger charge is 2.11. The van der Waals surface area contributed by atoms with Crippen LogP contribution < -0.4 is 10.9 Å². The van der Waals surface area contributed by atoms with E-state index in [1.165, 1.54) is 32.8 Å². The van der Waals surface area contributed by atoms with Crippen LogP contribution in [0.3, 0.4) is 0 Å². The fraction of sp³-hybridized carbons (Fsp3) is 0.176. The standard InChI is InChI=1S/C34H32N6O2/c1-3-39-29-11-7-5-9-25(29)27-19-23(13-15-31(27)39)21-35-37-33(41)17-18-34(42)38-36-22-24-14-16-32-28(20-24)26-10-6-8-12-30(26)40(32)4-2/h5-16,19-22H,3-4,17-18H2,1-2H3,(H,37,41)(H,38,42)/b35-21+,36-22+. The zero-order chi connectivity index (χ0) is 29.1. The number of aromatic nitrogens is 2. The lowest BCUT2D eigenvalue weighted by Gasteiger charge is -2.03. The van der Waals surface area contributed by atoms with Gasteiger partial charge in [-0.2, -0.15) is 10.2 Å². The van der Waals surface area contributed by atoms with Crippen molar-refractivity contribution in [2.24, 2.45) is 10.2 Å². The van der Waals surface area contributed by atoms with Crippen LogP contribution in [0.1, 0.15) is 37.8 Å². The van der Waals surface area contributed by atoms with E-state index in [4.69, 9.17) is 0 Å². The molecule has 0 aliphatic heterocycles. The highest BCUT2D eigenvalue weighted by atomic mass is 16.2. The van der Waals surface area contributed by atoms with Crippen LogP contribution in [0.25, 0.3) is 43.6 Å². The molecule has 6 aromatic rings. The van der Waals surface area contributed by atoms with E-state index >= 15 is 0 Å². The Kier molecular flexibility index (Phi) is 7.51. The second kappa shape index (κ2) is 11.7.